The van der Waals surface area contributed by atoms with E-state index in [1.165, 1.54) is 49.4 Å². The average Bonchev–Trinajstić information content (AvgIpc) is 3.47. The van der Waals surface area contributed by atoms with Crippen molar-refractivity contribution in [3.8, 4) is 39.3 Å². The molecule has 0 saturated carbocycles. The number of fused-ring (bicyclic) bond motifs is 3. The summed E-state index contributed by atoms with van der Waals surface area (Å²) in [5.41, 5.74) is 10.6. The van der Waals surface area contributed by atoms with Crippen molar-refractivity contribution in [3.05, 3.63) is 157 Å². The summed E-state index contributed by atoms with van der Waals surface area (Å²) in [6.07, 6.45) is 0. The lowest BCUT2D eigenvalue weighted by atomic mass is 9.81. The normalized spacial score (nSPS) is 11.9. The van der Waals surface area contributed by atoms with Gasteiger partial charge in [-0.2, -0.15) is 0 Å². The van der Waals surface area contributed by atoms with Gasteiger partial charge in [0.2, 0.25) is 0 Å². The van der Waals surface area contributed by atoms with Crippen LogP contribution in [0.15, 0.2) is 152 Å². The predicted octanol–water partition coefficient (Wildman–Crippen LogP) is 11.6. The summed E-state index contributed by atoms with van der Waals surface area (Å²) in [6.45, 7) is 6.88. The molecule has 8 aromatic rings. The van der Waals surface area contributed by atoms with Crippen molar-refractivity contribution in [2.45, 2.75) is 26.2 Å². The van der Waals surface area contributed by atoms with Crippen LogP contribution in [0.1, 0.15) is 26.3 Å². The van der Waals surface area contributed by atoms with Gasteiger partial charge in [-0.05, 0) is 85.1 Å². The van der Waals surface area contributed by atoms with E-state index in [4.69, 9.17) is 4.98 Å². The fourth-order valence-electron chi connectivity index (χ4n) is 6.72. The molecule has 0 fully saturated rings. The summed E-state index contributed by atoms with van der Waals surface area (Å²) in [7, 11) is 0. The first-order chi connectivity index (χ1) is 22.0. The lowest BCUT2D eigenvalue weighted by Gasteiger charge is -2.23. The van der Waals surface area contributed by atoms with Gasteiger partial charge < -0.3 is 0 Å². The fraction of sp³-hybridized carbons (Fsp3) is 0.0930. The Morgan fingerprint density at radius 1 is 0.467 bits per heavy atom. The van der Waals surface area contributed by atoms with Gasteiger partial charge >= 0.3 is 0 Å². The Balaban J connectivity index is 1.53. The van der Waals surface area contributed by atoms with E-state index in [0.717, 1.165) is 28.1 Å². The minimum Gasteiger partial charge on any atom is -0.292 e. The lowest BCUT2D eigenvalue weighted by molar-refractivity contribution is 0.591. The highest BCUT2D eigenvalue weighted by atomic mass is 15.1. The Kier molecular flexibility index (Phi) is 6.39. The number of imidazole rings is 1. The summed E-state index contributed by atoms with van der Waals surface area (Å²) in [5.74, 6) is 0.941. The molecule has 1 heterocycles. The van der Waals surface area contributed by atoms with Crippen molar-refractivity contribution in [1.82, 2.24) is 9.55 Å². The zero-order valence-electron chi connectivity index (χ0n) is 25.8. The molecule has 0 spiro atoms. The van der Waals surface area contributed by atoms with Crippen molar-refractivity contribution in [3.63, 3.8) is 0 Å². The topological polar surface area (TPSA) is 17.8 Å². The lowest BCUT2D eigenvalue weighted by Crippen LogP contribution is -2.10. The van der Waals surface area contributed by atoms with Crippen molar-refractivity contribution in [2.75, 3.05) is 0 Å². The van der Waals surface area contributed by atoms with Gasteiger partial charge in [0.05, 0.1) is 11.0 Å². The predicted molar refractivity (Wildman–Crippen MR) is 191 cm³/mol. The minimum atomic E-state index is 0.0319. The zero-order chi connectivity index (χ0) is 30.5. The summed E-state index contributed by atoms with van der Waals surface area (Å²) >= 11 is 0. The van der Waals surface area contributed by atoms with E-state index >= 15 is 0 Å². The molecule has 0 bridgehead atoms. The molecule has 0 unspecified atom stereocenters. The summed E-state index contributed by atoms with van der Waals surface area (Å²) < 4.78 is 2.31. The molecular formula is C43H34N2. The van der Waals surface area contributed by atoms with Crippen molar-refractivity contribution in [1.29, 1.82) is 0 Å². The number of hydrogen-bond acceptors (Lipinski definition) is 1. The third kappa shape index (κ3) is 4.62. The molecule has 8 rings (SSSR count). The van der Waals surface area contributed by atoms with Crippen LogP contribution in [0.3, 0.4) is 0 Å². The first kappa shape index (κ1) is 27.1. The van der Waals surface area contributed by atoms with Crippen molar-refractivity contribution in [2.24, 2.45) is 0 Å². The van der Waals surface area contributed by atoms with Gasteiger partial charge in [-0.15, -0.1) is 0 Å². The molecule has 0 aliphatic rings. The molecule has 45 heavy (non-hydrogen) atoms. The van der Waals surface area contributed by atoms with Gasteiger partial charge in [-0.25, -0.2) is 4.98 Å². The zero-order valence-corrected chi connectivity index (χ0v) is 25.8. The molecule has 0 aliphatic heterocycles. The van der Waals surface area contributed by atoms with Crippen LogP contribution < -0.4 is 0 Å². The second kappa shape index (κ2) is 10.6. The Bertz CT molecular complexity index is 2320. The monoisotopic (exact) mass is 578 g/mol. The van der Waals surface area contributed by atoms with Gasteiger partial charge in [0.25, 0.3) is 0 Å². The first-order valence-electron chi connectivity index (χ1n) is 15.7. The molecule has 0 atom stereocenters. The SMILES string of the molecule is CC(C)(C)c1ccc2c(-c3ccccc3)c3cc(-n4c(-c5ccccc5)nc5ccccc54)ccc3c(-c3ccccc3)c2c1. The largest absolute Gasteiger partial charge is 0.292 e. The van der Waals surface area contributed by atoms with E-state index in [0.29, 0.717) is 0 Å². The highest BCUT2D eigenvalue weighted by molar-refractivity contribution is 6.22. The smallest absolute Gasteiger partial charge is 0.145 e. The Morgan fingerprint density at radius 2 is 0.978 bits per heavy atom. The fourth-order valence-corrected chi connectivity index (χ4v) is 6.72. The van der Waals surface area contributed by atoms with Crippen LogP contribution >= 0.6 is 0 Å². The van der Waals surface area contributed by atoms with Crippen LogP contribution in [0, 0.1) is 0 Å². The molecule has 0 radical (unpaired) electrons. The summed E-state index contributed by atoms with van der Waals surface area (Å²) in [4.78, 5) is 5.13. The maximum Gasteiger partial charge on any atom is 0.145 e. The molecular weight excluding hydrogens is 544 g/mol. The van der Waals surface area contributed by atoms with E-state index in [2.05, 4.69) is 177 Å². The quantitative estimate of drug-likeness (QED) is 0.190. The Labute approximate surface area is 264 Å². The maximum atomic E-state index is 5.13. The summed E-state index contributed by atoms with van der Waals surface area (Å²) in [5, 5.41) is 5.01. The average molecular weight is 579 g/mol. The summed E-state index contributed by atoms with van der Waals surface area (Å²) in [6, 6.07) is 54.7. The molecule has 7 aromatic carbocycles. The second-order valence-corrected chi connectivity index (χ2v) is 12.8. The van der Waals surface area contributed by atoms with E-state index in [9.17, 15) is 0 Å². The molecule has 0 saturated heterocycles. The van der Waals surface area contributed by atoms with Crippen molar-refractivity contribution < 1.29 is 0 Å². The standard InChI is InChI=1S/C43H34N2/c1-43(2,3)32-23-25-34-36(27-32)40(29-15-7-4-8-16-29)35-26-24-33(28-37(35)41(34)30-17-9-5-10-18-30)45-39-22-14-13-21-38(39)44-42(45)31-19-11-6-12-20-31/h4-28H,1-3H3. The number of para-hydroxylation sites is 2. The van der Waals surface area contributed by atoms with E-state index < -0.39 is 0 Å². The van der Waals surface area contributed by atoms with Crippen LogP contribution in [0.4, 0.5) is 0 Å². The molecule has 216 valence electrons. The van der Waals surface area contributed by atoms with E-state index in [1.807, 2.05) is 0 Å². The third-order valence-corrected chi connectivity index (χ3v) is 8.94. The molecule has 1 aromatic heterocycles. The maximum absolute atomic E-state index is 5.13. The molecule has 2 heteroatoms. The van der Waals surface area contributed by atoms with Crippen LogP contribution in [0.25, 0.3) is 71.9 Å². The van der Waals surface area contributed by atoms with Crippen LogP contribution in [-0.4, -0.2) is 9.55 Å². The number of hydrogen-bond donors (Lipinski definition) is 0. The van der Waals surface area contributed by atoms with Gasteiger partial charge in [-0.3, -0.25) is 4.57 Å². The van der Waals surface area contributed by atoms with Crippen LogP contribution in [0.2, 0.25) is 0 Å². The van der Waals surface area contributed by atoms with Crippen molar-refractivity contribution >= 4 is 32.6 Å². The van der Waals surface area contributed by atoms with E-state index in [1.54, 1.807) is 0 Å². The molecule has 0 aliphatic carbocycles. The number of aromatic nitrogens is 2. The van der Waals surface area contributed by atoms with Crippen LogP contribution in [-0.2, 0) is 5.41 Å². The number of nitrogens with zero attached hydrogens (tertiary/aromatic N) is 2. The highest BCUT2D eigenvalue weighted by Gasteiger charge is 2.22. The van der Waals surface area contributed by atoms with Gasteiger partial charge in [0, 0.05) is 11.3 Å². The number of rotatable bonds is 4. The first-order valence-corrected chi connectivity index (χ1v) is 15.7. The number of benzene rings is 7. The molecule has 0 N–H and O–H groups in total. The third-order valence-electron chi connectivity index (χ3n) is 8.94. The van der Waals surface area contributed by atoms with Gasteiger partial charge in [-0.1, -0.05) is 142 Å². The molecule has 2 nitrogen and oxygen atoms in total. The second-order valence-electron chi connectivity index (χ2n) is 12.8. The van der Waals surface area contributed by atoms with E-state index in [-0.39, 0.29) is 5.41 Å². The Morgan fingerprint density at radius 3 is 1.58 bits per heavy atom. The Hall–Kier alpha value is -5.47. The minimum absolute atomic E-state index is 0.0319. The van der Waals surface area contributed by atoms with Crippen LogP contribution in [0.5, 0.6) is 0 Å². The van der Waals surface area contributed by atoms with Gasteiger partial charge in [0.15, 0.2) is 0 Å². The van der Waals surface area contributed by atoms with Gasteiger partial charge in [0.1, 0.15) is 5.82 Å². The highest BCUT2D eigenvalue weighted by Crippen LogP contribution is 2.45. The molecule has 0 amide bonds.